The maximum Gasteiger partial charge on any atom is 0 e. The average Bonchev–Trinajstić information content (AvgIpc) is 2.62. The van der Waals surface area contributed by atoms with Gasteiger partial charge in [-0.3, -0.25) is 0 Å². The third kappa shape index (κ3) is 5.86. The van der Waals surface area contributed by atoms with Gasteiger partial charge < -0.3 is 0 Å². The number of aliphatic hydroxyl groups excluding tert-OH is 2. The van der Waals surface area contributed by atoms with E-state index in [0.29, 0.717) is 6.61 Å². The minimum atomic E-state index is -0.932. The van der Waals surface area contributed by atoms with E-state index in [9.17, 15) is 10.2 Å². The molecule has 2 fully saturated rings. The first-order valence-electron chi connectivity index (χ1n) is 4.90. The van der Waals surface area contributed by atoms with E-state index in [1.54, 1.807) is 13.8 Å². The van der Waals surface area contributed by atoms with Crippen LogP contribution in [0.3, 0.4) is 0 Å². The Morgan fingerprint density at radius 1 is 1.17 bits per heavy atom. The van der Waals surface area contributed by atoms with E-state index in [-0.39, 0.29) is 117 Å². The standard InChI is InChI=1S/C9H15O5Se.2Ac.Au/c1-9(2)12-3-4(14-9)7-5(10)6(11)8(15)13-7;;;/h4-8,10-11H,3H2,1-2H3;;;. The Kier molecular flexibility index (Phi) is 13.4. The van der Waals surface area contributed by atoms with Crippen LogP contribution >= 0.6 is 0 Å². The Morgan fingerprint density at radius 3 is 2.06 bits per heavy atom. The normalized spacial score (nSPS) is 41.5. The van der Waals surface area contributed by atoms with Gasteiger partial charge in [0.15, 0.2) is 0 Å². The van der Waals surface area contributed by atoms with E-state index in [4.69, 9.17) is 14.2 Å². The maximum atomic E-state index is 9.73. The zero-order valence-electron chi connectivity index (χ0n) is 10.1. The molecule has 5 nitrogen and oxygen atoms in total. The molecular formula is C9H15Ac2AuO5Se. The molecule has 0 aliphatic carbocycles. The Balaban J connectivity index is 0. The third-order valence-electron chi connectivity index (χ3n) is 2.65. The topological polar surface area (TPSA) is 68.2 Å². The molecule has 18 heavy (non-hydrogen) atoms. The summed E-state index contributed by atoms with van der Waals surface area (Å²) in [6, 6.07) is 0. The zero-order chi connectivity index (χ0) is 11.2. The SMILES string of the molecule is CC1(C)OCC(C2OC([Se])C(O)C2O)O1.[Ac].[Ac].[Au]. The van der Waals surface area contributed by atoms with Crippen LogP contribution in [0.15, 0.2) is 0 Å². The molecule has 5 atom stereocenters. The fraction of sp³-hybridized carbons (Fsp3) is 1.00. The molecule has 104 valence electrons. The Labute approximate surface area is 202 Å². The molecule has 0 amide bonds. The summed E-state index contributed by atoms with van der Waals surface area (Å²) in [5.41, 5.74) is 0. The fourth-order valence-electron chi connectivity index (χ4n) is 1.86. The van der Waals surface area contributed by atoms with Gasteiger partial charge in [0.2, 0.25) is 0 Å². The first-order chi connectivity index (χ1) is 6.91. The average molecular weight is 933 g/mol. The van der Waals surface area contributed by atoms with Gasteiger partial charge in [0.25, 0.3) is 0 Å². The number of hydrogen-bond acceptors (Lipinski definition) is 5. The second-order valence-electron chi connectivity index (χ2n) is 4.32. The summed E-state index contributed by atoms with van der Waals surface area (Å²) in [6.45, 7) is 3.98. The summed E-state index contributed by atoms with van der Waals surface area (Å²) in [7, 11) is 0. The molecule has 0 spiro atoms. The van der Waals surface area contributed by atoms with Gasteiger partial charge in [-0.1, -0.05) is 0 Å². The zero-order valence-corrected chi connectivity index (χ0v) is 23.4. The van der Waals surface area contributed by atoms with Gasteiger partial charge in [0, 0.05) is 111 Å². The van der Waals surface area contributed by atoms with Gasteiger partial charge in [0.05, 0.1) is 0 Å². The van der Waals surface area contributed by atoms with Crippen LogP contribution in [0.2, 0.25) is 0 Å². The van der Waals surface area contributed by atoms with Crippen molar-refractivity contribution in [3.05, 3.63) is 0 Å². The van der Waals surface area contributed by atoms with Gasteiger partial charge in [-0.15, -0.1) is 0 Å². The molecule has 2 aliphatic rings. The molecule has 0 aromatic carbocycles. The summed E-state index contributed by atoms with van der Waals surface area (Å²) < 4.78 is 16.3. The van der Waals surface area contributed by atoms with E-state index < -0.39 is 29.1 Å². The number of ether oxygens (including phenoxy) is 3. The van der Waals surface area contributed by atoms with Crippen molar-refractivity contribution in [1.82, 2.24) is 0 Å². The summed E-state index contributed by atoms with van der Waals surface area (Å²) in [5, 5.41) is 18.8. The van der Waals surface area contributed by atoms with Crippen LogP contribution in [0, 0.1) is 88.1 Å². The second kappa shape index (κ2) is 9.94. The van der Waals surface area contributed by atoms with Crippen LogP contribution in [-0.2, 0) is 36.6 Å². The van der Waals surface area contributed by atoms with E-state index >= 15 is 0 Å². The number of rotatable bonds is 1. The van der Waals surface area contributed by atoms with Crippen LogP contribution in [0.25, 0.3) is 0 Å². The minimum absolute atomic E-state index is 0. The summed E-state index contributed by atoms with van der Waals surface area (Å²) in [6.07, 6.45) is -2.70. The second-order valence-corrected chi connectivity index (χ2v) is 5.29. The summed E-state index contributed by atoms with van der Waals surface area (Å²) in [5.74, 6) is -0.645. The molecule has 9 heteroatoms. The molecule has 5 unspecified atom stereocenters. The molecule has 2 N–H and O–H groups in total. The van der Waals surface area contributed by atoms with E-state index in [1.807, 2.05) is 0 Å². The maximum absolute atomic E-state index is 9.73. The molecule has 0 aromatic rings. The Hall–Kier alpha value is 3.94. The van der Waals surface area contributed by atoms with Crippen molar-refractivity contribution in [2.24, 2.45) is 0 Å². The minimum Gasteiger partial charge on any atom is 0 e. The molecule has 0 aromatic heterocycles. The van der Waals surface area contributed by atoms with E-state index in [1.165, 1.54) is 0 Å². The van der Waals surface area contributed by atoms with Crippen molar-refractivity contribution in [2.75, 3.05) is 6.61 Å². The van der Waals surface area contributed by atoms with Gasteiger partial charge in [0.1, 0.15) is 0 Å². The smallest absolute Gasteiger partial charge is 0 e. The van der Waals surface area contributed by atoms with Gasteiger partial charge in [-0.2, -0.15) is 0 Å². The van der Waals surface area contributed by atoms with Crippen molar-refractivity contribution < 1.29 is 135 Å². The van der Waals surface area contributed by atoms with Crippen molar-refractivity contribution >= 4 is 16.0 Å². The molecule has 4 radical (unpaired) electrons. The summed E-state index contributed by atoms with van der Waals surface area (Å²) in [4.78, 5) is 0. The third-order valence-corrected chi connectivity index (χ3v) is 3.47. The van der Waals surface area contributed by atoms with Crippen LogP contribution < -0.4 is 0 Å². The largest absolute Gasteiger partial charge is 0 e. The van der Waals surface area contributed by atoms with Crippen LogP contribution in [0.1, 0.15) is 13.8 Å². The van der Waals surface area contributed by atoms with Gasteiger partial charge in [-0.05, 0) is 0 Å². The Bertz CT molecular complexity index is 261. The molecule has 0 bridgehead atoms. The van der Waals surface area contributed by atoms with E-state index in [0.717, 1.165) is 0 Å². The number of aliphatic hydroxyl groups is 2. The Morgan fingerprint density at radius 2 is 1.72 bits per heavy atom. The quantitative estimate of drug-likeness (QED) is 0.323. The molecule has 2 saturated heterocycles. The van der Waals surface area contributed by atoms with Crippen LogP contribution in [0.4, 0.5) is 0 Å². The van der Waals surface area contributed by atoms with E-state index in [2.05, 4.69) is 16.0 Å². The molecular weight excluding hydrogens is 918 g/mol. The summed E-state index contributed by atoms with van der Waals surface area (Å²) >= 11 is 2.66. The molecule has 2 rings (SSSR count). The first-order valence-corrected chi connectivity index (χ1v) is 5.89. The van der Waals surface area contributed by atoms with Gasteiger partial charge in [-0.25, -0.2) is 0 Å². The first kappa shape index (κ1) is 24.2. The van der Waals surface area contributed by atoms with Crippen LogP contribution in [0.5, 0.6) is 0 Å². The monoisotopic (exact) mass is 934 g/mol. The van der Waals surface area contributed by atoms with Crippen molar-refractivity contribution in [1.29, 1.82) is 0 Å². The molecule has 2 heterocycles. The fourth-order valence-corrected chi connectivity index (χ4v) is 2.46. The van der Waals surface area contributed by atoms with Crippen molar-refractivity contribution in [2.45, 2.75) is 49.1 Å². The number of hydrogen-bond donors (Lipinski definition) is 2. The van der Waals surface area contributed by atoms with Crippen molar-refractivity contribution in [3.63, 3.8) is 0 Å². The molecule has 2 aliphatic heterocycles. The predicted octanol–water partition coefficient (Wildman–Crippen LogP) is -1.25. The predicted molar refractivity (Wildman–Crippen MR) is 51.3 cm³/mol. The van der Waals surface area contributed by atoms with Crippen molar-refractivity contribution in [3.8, 4) is 0 Å². The molecule has 0 saturated carbocycles. The van der Waals surface area contributed by atoms with Crippen LogP contribution in [-0.4, -0.2) is 68.0 Å². The van der Waals surface area contributed by atoms with Gasteiger partial charge >= 0.3 is 96.1 Å².